The van der Waals surface area contributed by atoms with Crippen LogP contribution in [0.2, 0.25) is 0 Å². The van der Waals surface area contributed by atoms with E-state index in [4.69, 9.17) is 16.3 Å². The molecule has 0 radical (unpaired) electrons. The molecule has 0 N–H and O–H groups in total. The molecule has 0 bridgehead atoms. The van der Waals surface area contributed by atoms with Gasteiger partial charge in [-0.1, -0.05) is 31.5 Å². The van der Waals surface area contributed by atoms with Gasteiger partial charge in [0.15, 0.2) is 5.78 Å². The largest absolute Gasteiger partial charge is 0.372 e. The molecule has 0 spiro atoms. The molecule has 0 unspecified atom stereocenters. The lowest BCUT2D eigenvalue weighted by Gasteiger charge is -2.13. The van der Waals surface area contributed by atoms with Gasteiger partial charge in [-0.15, -0.1) is 11.6 Å². The van der Waals surface area contributed by atoms with Crippen LogP contribution in [-0.2, 0) is 17.6 Å². The first kappa shape index (κ1) is 15.2. The van der Waals surface area contributed by atoms with Crippen LogP contribution in [0.1, 0.15) is 40.9 Å². The summed E-state index contributed by atoms with van der Waals surface area (Å²) in [5.41, 5.74) is 4.29. The normalized spacial score (nSPS) is 10.7. The maximum Gasteiger partial charge on any atom is 0.189 e. The van der Waals surface area contributed by atoms with Crippen molar-refractivity contribution in [2.45, 2.75) is 33.6 Å². The summed E-state index contributed by atoms with van der Waals surface area (Å²) >= 11 is 5.53. The number of benzene rings is 1. The van der Waals surface area contributed by atoms with E-state index < -0.39 is 0 Å². The van der Waals surface area contributed by atoms with Crippen molar-refractivity contribution in [1.29, 1.82) is 0 Å². The summed E-state index contributed by atoms with van der Waals surface area (Å²) in [7, 11) is 0. The van der Waals surface area contributed by atoms with E-state index in [1.54, 1.807) is 0 Å². The van der Waals surface area contributed by atoms with E-state index in [9.17, 15) is 4.79 Å². The van der Waals surface area contributed by atoms with Crippen molar-refractivity contribution >= 4 is 17.4 Å². The van der Waals surface area contributed by atoms with E-state index in [1.807, 2.05) is 0 Å². The number of carbonyl (C=O) groups excluding carboxylic acids is 1. The molecule has 0 aromatic heterocycles. The number of halogens is 1. The lowest BCUT2D eigenvalue weighted by atomic mass is 9.92. The fraction of sp³-hybridized carbons (Fsp3) is 0.533. The van der Waals surface area contributed by atoms with Gasteiger partial charge in [0.05, 0.1) is 6.61 Å². The minimum absolute atomic E-state index is 0.0637. The van der Waals surface area contributed by atoms with Gasteiger partial charge in [-0.3, -0.25) is 4.79 Å². The van der Waals surface area contributed by atoms with Crippen molar-refractivity contribution in [1.82, 2.24) is 0 Å². The third-order valence-corrected chi connectivity index (χ3v) is 3.10. The molecule has 1 rings (SSSR count). The quantitative estimate of drug-likeness (QED) is 0.429. The van der Waals surface area contributed by atoms with E-state index in [-0.39, 0.29) is 12.4 Å². The SMILES string of the molecule is CCc1cc(C)cc(CC)c1C(=O)COCCCl. The molecule has 0 fully saturated rings. The molecule has 1 aromatic rings. The van der Waals surface area contributed by atoms with Crippen molar-refractivity contribution in [2.75, 3.05) is 19.1 Å². The summed E-state index contributed by atoms with van der Waals surface area (Å²) in [6.45, 7) is 6.75. The topological polar surface area (TPSA) is 26.3 Å². The fourth-order valence-electron chi connectivity index (χ4n) is 2.15. The van der Waals surface area contributed by atoms with E-state index >= 15 is 0 Å². The molecule has 1 aromatic carbocycles. The summed E-state index contributed by atoms with van der Waals surface area (Å²) in [4.78, 5) is 12.2. The summed E-state index contributed by atoms with van der Waals surface area (Å²) in [6, 6.07) is 4.18. The average Bonchev–Trinajstić information content (AvgIpc) is 2.37. The van der Waals surface area contributed by atoms with Crippen LogP contribution in [-0.4, -0.2) is 24.9 Å². The second-order valence-corrected chi connectivity index (χ2v) is 4.71. The Morgan fingerprint density at radius 2 is 1.78 bits per heavy atom. The van der Waals surface area contributed by atoms with Crippen molar-refractivity contribution in [3.05, 3.63) is 34.4 Å². The molecule has 0 amide bonds. The first-order valence-corrected chi connectivity index (χ1v) is 6.96. The molecule has 0 saturated carbocycles. The van der Waals surface area contributed by atoms with Crippen LogP contribution in [0, 0.1) is 6.92 Å². The fourth-order valence-corrected chi connectivity index (χ4v) is 2.26. The van der Waals surface area contributed by atoms with Gasteiger partial charge in [-0.05, 0) is 30.9 Å². The number of aryl methyl sites for hydroxylation is 3. The molecule has 0 atom stereocenters. The van der Waals surface area contributed by atoms with Crippen LogP contribution in [0.5, 0.6) is 0 Å². The van der Waals surface area contributed by atoms with Crippen LogP contribution in [0.4, 0.5) is 0 Å². The highest BCUT2D eigenvalue weighted by Crippen LogP contribution is 2.20. The van der Waals surface area contributed by atoms with Crippen LogP contribution >= 0.6 is 11.6 Å². The highest BCUT2D eigenvalue weighted by molar-refractivity contribution is 6.18. The van der Waals surface area contributed by atoms with E-state index in [2.05, 4.69) is 32.9 Å². The number of hydrogen-bond acceptors (Lipinski definition) is 2. The molecule has 0 saturated heterocycles. The zero-order valence-corrected chi connectivity index (χ0v) is 12.1. The minimum Gasteiger partial charge on any atom is -0.372 e. The van der Waals surface area contributed by atoms with Crippen molar-refractivity contribution in [2.24, 2.45) is 0 Å². The highest BCUT2D eigenvalue weighted by atomic mass is 35.5. The highest BCUT2D eigenvalue weighted by Gasteiger charge is 2.15. The monoisotopic (exact) mass is 268 g/mol. The number of Topliss-reactive ketones (excluding diaryl/α,β-unsaturated/α-hetero) is 1. The Morgan fingerprint density at radius 1 is 1.22 bits per heavy atom. The number of ketones is 1. The van der Waals surface area contributed by atoms with Gasteiger partial charge in [0, 0.05) is 11.4 Å². The second kappa shape index (κ2) is 7.55. The molecule has 0 heterocycles. The molecule has 100 valence electrons. The first-order valence-electron chi connectivity index (χ1n) is 6.43. The van der Waals surface area contributed by atoms with Gasteiger partial charge in [-0.25, -0.2) is 0 Å². The standard InChI is InChI=1S/C15H21ClO2/c1-4-12-8-11(3)9-13(5-2)15(12)14(17)10-18-7-6-16/h8-9H,4-7,10H2,1-3H3. The zero-order valence-electron chi connectivity index (χ0n) is 11.4. The Morgan fingerprint density at radius 3 is 2.22 bits per heavy atom. The van der Waals surface area contributed by atoms with Gasteiger partial charge in [0.1, 0.15) is 6.61 Å². The number of carbonyl (C=O) groups is 1. The Balaban J connectivity index is 3.01. The molecule has 0 aliphatic heterocycles. The maximum absolute atomic E-state index is 12.2. The maximum atomic E-state index is 12.2. The molecule has 18 heavy (non-hydrogen) atoms. The van der Waals surface area contributed by atoms with E-state index in [0.29, 0.717) is 12.5 Å². The van der Waals surface area contributed by atoms with Gasteiger partial charge < -0.3 is 4.74 Å². The van der Waals surface area contributed by atoms with Crippen LogP contribution < -0.4 is 0 Å². The first-order chi connectivity index (χ1) is 8.63. The van der Waals surface area contributed by atoms with Gasteiger partial charge in [0.2, 0.25) is 0 Å². The van der Waals surface area contributed by atoms with Gasteiger partial charge >= 0.3 is 0 Å². The summed E-state index contributed by atoms with van der Waals surface area (Å²) in [5, 5.41) is 0. The summed E-state index contributed by atoms with van der Waals surface area (Å²) in [6.07, 6.45) is 1.73. The number of ether oxygens (including phenoxy) is 1. The third-order valence-electron chi connectivity index (χ3n) is 2.94. The van der Waals surface area contributed by atoms with Crippen molar-refractivity contribution in [3.8, 4) is 0 Å². The van der Waals surface area contributed by atoms with E-state index in [0.717, 1.165) is 29.5 Å². The van der Waals surface area contributed by atoms with Gasteiger partial charge in [0.25, 0.3) is 0 Å². The Bertz CT molecular complexity index is 388. The number of alkyl halides is 1. The lowest BCUT2D eigenvalue weighted by Crippen LogP contribution is -2.15. The lowest BCUT2D eigenvalue weighted by molar-refractivity contribution is 0.0784. The van der Waals surface area contributed by atoms with Crippen LogP contribution in [0.15, 0.2) is 12.1 Å². The number of rotatable bonds is 7. The molecule has 2 nitrogen and oxygen atoms in total. The predicted molar refractivity (Wildman–Crippen MR) is 75.8 cm³/mol. The van der Waals surface area contributed by atoms with E-state index in [1.165, 1.54) is 5.56 Å². The van der Waals surface area contributed by atoms with Crippen molar-refractivity contribution in [3.63, 3.8) is 0 Å². The smallest absolute Gasteiger partial charge is 0.189 e. The molecular weight excluding hydrogens is 248 g/mol. The second-order valence-electron chi connectivity index (χ2n) is 4.33. The Kier molecular flexibility index (Phi) is 6.37. The Labute approximate surface area is 114 Å². The van der Waals surface area contributed by atoms with Crippen LogP contribution in [0.25, 0.3) is 0 Å². The van der Waals surface area contributed by atoms with Crippen molar-refractivity contribution < 1.29 is 9.53 Å². The molecular formula is C15H21ClO2. The van der Waals surface area contributed by atoms with Gasteiger partial charge in [-0.2, -0.15) is 0 Å². The predicted octanol–water partition coefficient (Wildman–Crippen LogP) is 3.56. The number of hydrogen-bond donors (Lipinski definition) is 0. The molecule has 0 aliphatic carbocycles. The molecule has 3 heteroatoms. The minimum atomic E-state index is 0.0637. The van der Waals surface area contributed by atoms with Crippen LogP contribution in [0.3, 0.4) is 0 Å². The Hall–Kier alpha value is -0.860. The zero-order chi connectivity index (χ0) is 13.5. The average molecular weight is 269 g/mol. The third kappa shape index (κ3) is 3.82. The molecule has 0 aliphatic rings. The summed E-state index contributed by atoms with van der Waals surface area (Å²) in [5.74, 6) is 0.483. The summed E-state index contributed by atoms with van der Waals surface area (Å²) < 4.78 is 5.25.